The van der Waals surface area contributed by atoms with E-state index in [1.165, 1.54) is 35.4 Å². The molecule has 1 aromatic rings. The first kappa shape index (κ1) is 15.7. The number of methoxy groups -OCH3 is 4. The van der Waals surface area contributed by atoms with Crippen molar-refractivity contribution in [3.8, 4) is 23.0 Å². The standard InChI is InChI=1S/C15H16O7/c1-6-9(16)7-8(11(18)12(6)19-2)13(20-3)15(22-5)14(21-4)10(7)17/h17H,1-5H3. The topological polar surface area (TPSA) is 91.3 Å². The Morgan fingerprint density at radius 3 is 1.73 bits per heavy atom. The summed E-state index contributed by atoms with van der Waals surface area (Å²) in [5, 5.41) is 10.3. The van der Waals surface area contributed by atoms with Crippen LogP contribution in [0.3, 0.4) is 0 Å². The van der Waals surface area contributed by atoms with Crippen LogP contribution in [0, 0.1) is 0 Å². The molecule has 1 aromatic carbocycles. The van der Waals surface area contributed by atoms with Gasteiger partial charge >= 0.3 is 0 Å². The first-order chi connectivity index (χ1) is 10.4. The largest absolute Gasteiger partial charge is 0.504 e. The van der Waals surface area contributed by atoms with Crippen LogP contribution < -0.4 is 14.2 Å². The molecule has 0 radical (unpaired) electrons. The van der Waals surface area contributed by atoms with Gasteiger partial charge in [0.25, 0.3) is 0 Å². The van der Waals surface area contributed by atoms with Crippen molar-refractivity contribution in [1.29, 1.82) is 0 Å². The molecule has 0 aliphatic heterocycles. The Bertz CT molecular complexity index is 701. The molecule has 0 fully saturated rings. The fourth-order valence-electron chi connectivity index (χ4n) is 2.50. The molecule has 0 heterocycles. The molecule has 1 aliphatic carbocycles. The lowest BCUT2D eigenvalue weighted by Crippen LogP contribution is -2.23. The Kier molecular flexibility index (Phi) is 3.99. The second-order valence-corrected chi connectivity index (χ2v) is 4.51. The molecule has 2 rings (SSSR count). The van der Waals surface area contributed by atoms with E-state index in [1.54, 1.807) is 0 Å². The normalized spacial score (nSPS) is 13.9. The van der Waals surface area contributed by atoms with Gasteiger partial charge in [0.1, 0.15) is 0 Å². The number of ether oxygens (including phenoxy) is 4. The van der Waals surface area contributed by atoms with Crippen LogP contribution in [-0.2, 0) is 4.74 Å². The van der Waals surface area contributed by atoms with Crippen LogP contribution in [0.2, 0.25) is 0 Å². The van der Waals surface area contributed by atoms with Gasteiger partial charge < -0.3 is 24.1 Å². The number of carbonyl (C=O) groups excluding carboxylic acids is 2. The summed E-state index contributed by atoms with van der Waals surface area (Å²) in [4.78, 5) is 25.1. The molecule has 1 N–H and O–H groups in total. The summed E-state index contributed by atoms with van der Waals surface area (Å²) in [5.74, 6) is -1.71. The quantitative estimate of drug-likeness (QED) is 0.905. The molecular formula is C15H16O7. The number of benzene rings is 1. The Hall–Kier alpha value is -2.70. The lowest BCUT2D eigenvalue weighted by molar-refractivity contribution is 0.0899. The van der Waals surface area contributed by atoms with Crippen molar-refractivity contribution in [3.05, 3.63) is 22.5 Å². The summed E-state index contributed by atoms with van der Waals surface area (Å²) in [6, 6.07) is 0. The van der Waals surface area contributed by atoms with Gasteiger partial charge in [0.2, 0.25) is 17.3 Å². The average molecular weight is 308 g/mol. The van der Waals surface area contributed by atoms with E-state index in [9.17, 15) is 14.7 Å². The van der Waals surface area contributed by atoms with Crippen LogP contribution >= 0.6 is 0 Å². The predicted octanol–water partition coefficient (Wildman–Crippen LogP) is 1.72. The van der Waals surface area contributed by atoms with Gasteiger partial charge in [-0.2, -0.15) is 0 Å². The van der Waals surface area contributed by atoms with Crippen molar-refractivity contribution in [1.82, 2.24) is 0 Å². The Morgan fingerprint density at radius 1 is 0.727 bits per heavy atom. The molecular weight excluding hydrogens is 292 g/mol. The van der Waals surface area contributed by atoms with E-state index in [1.807, 2.05) is 0 Å². The highest BCUT2D eigenvalue weighted by Crippen LogP contribution is 2.51. The van der Waals surface area contributed by atoms with Crippen molar-refractivity contribution < 1.29 is 33.6 Å². The smallest absolute Gasteiger partial charge is 0.232 e. The van der Waals surface area contributed by atoms with Gasteiger partial charge in [0, 0.05) is 5.57 Å². The Morgan fingerprint density at radius 2 is 1.27 bits per heavy atom. The number of hydrogen-bond donors (Lipinski definition) is 1. The fraction of sp³-hybridized carbons (Fsp3) is 0.333. The van der Waals surface area contributed by atoms with E-state index in [2.05, 4.69) is 0 Å². The third-order valence-corrected chi connectivity index (χ3v) is 3.50. The number of phenolic OH excluding ortho intramolecular Hbond substituents is 1. The molecule has 7 nitrogen and oxygen atoms in total. The first-order valence-corrected chi connectivity index (χ1v) is 6.33. The van der Waals surface area contributed by atoms with Crippen LogP contribution in [0.4, 0.5) is 0 Å². The number of hydrogen-bond acceptors (Lipinski definition) is 7. The van der Waals surface area contributed by atoms with Crippen molar-refractivity contribution >= 4 is 11.6 Å². The number of carbonyl (C=O) groups is 2. The maximum atomic E-state index is 12.6. The SMILES string of the molecule is COC1=C(C)C(=O)c2c(O)c(OC)c(OC)c(OC)c2C1=O. The highest BCUT2D eigenvalue weighted by Gasteiger charge is 2.40. The Labute approximate surface area is 127 Å². The second kappa shape index (κ2) is 5.59. The van der Waals surface area contributed by atoms with E-state index < -0.39 is 17.3 Å². The minimum Gasteiger partial charge on any atom is -0.504 e. The zero-order valence-corrected chi connectivity index (χ0v) is 12.9. The average Bonchev–Trinajstić information content (AvgIpc) is 2.51. The fourth-order valence-corrected chi connectivity index (χ4v) is 2.50. The van der Waals surface area contributed by atoms with Gasteiger partial charge in [-0.3, -0.25) is 9.59 Å². The minimum absolute atomic E-state index is 0.00699. The summed E-state index contributed by atoms with van der Waals surface area (Å²) in [5.41, 5.74) is -0.188. The van der Waals surface area contributed by atoms with Gasteiger partial charge in [-0.1, -0.05) is 0 Å². The van der Waals surface area contributed by atoms with Crippen LogP contribution in [0.25, 0.3) is 0 Å². The van der Waals surface area contributed by atoms with Crippen molar-refractivity contribution in [3.63, 3.8) is 0 Å². The predicted molar refractivity (Wildman–Crippen MR) is 76.1 cm³/mol. The minimum atomic E-state index is -0.567. The number of ketones is 2. The number of aromatic hydroxyl groups is 1. The molecule has 22 heavy (non-hydrogen) atoms. The van der Waals surface area contributed by atoms with Crippen molar-refractivity contribution in [2.45, 2.75) is 6.92 Å². The monoisotopic (exact) mass is 308 g/mol. The first-order valence-electron chi connectivity index (χ1n) is 6.33. The van der Waals surface area contributed by atoms with E-state index in [-0.39, 0.29) is 39.7 Å². The second-order valence-electron chi connectivity index (χ2n) is 4.51. The van der Waals surface area contributed by atoms with Crippen molar-refractivity contribution in [2.75, 3.05) is 28.4 Å². The van der Waals surface area contributed by atoms with Crippen LogP contribution in [-0.4, -0.2) is 45.1 Å². The van der Waals surface area contributed by atoms with Gasteiger partial charge in [-0.25, -0.2) is 0 Å². The van der Waals surface area contributed by atoms with Gasteiger partial charge in [-0.05, 0) is 6.92 Å². The molecule has 0 atom stereocenters. The van der Waals surface area contributed by atoms with Crippen LogP contribution in [0.15, 0.2) is 11.3 Å². The zero-order valence-electron chi connectivity index (χ0n) is 12.9. The molecule has 0 unspecified atom stereocenters. The number of phenols is 1. The molecule has 1 aliphatic rings. The van der Waals surface area contributed by atoms with E-state index in [0.29, 0.717) is 0 Å². The van der Waals surface area contributed by atoms with E-state index in [4.69, 9.17) is 18.9 Å². The third kappa shape index (κ3) is 1.89. The number of rotatable bonds is 4. The molecule has 0 aromatic heterocycles. The van der Waals surface area contributed by atoms with Crippen LogP contribution in [0.5, 0.6) is 23.0 Å². The molecule has 0 saturated heterocycles. The maximum Gasteiger partial charge on any atom is 0.232 e. The van der Waals surface area contributed by atoms with Crippen LogP contribution in [0.1, 0.15) is 27.6 Å². The van der Waals surface area contributed by atoms with E-state index >= 15 is 0 Å². The van der Waals surface area contributed by atoms with Gasteiger partial charge in [-0.15, -0.1) is 0 Å². The summed E-state index contributed by atoms with van der Waals surface area (Å²) in [6.45, 7) is 1.45. The number of fused-ring (bicyclic) bond motifs is 1. The maximum absolute atomic E-state index is 12.6. The lowest BCUT2D eigenvalue weighted by Gasteiger charge is -2.24. The third-order valence-electron chi connectivity index (χ3n) is 3.50. The number of Topliss-reactive ketones (excluding diaryl/α,β-unsaturated/α-hetero) is 2. The summed E-state index contributed by atoms with van der Waals surface area (Å²) in [7, 11) is 5.26. The Balaban J connectivity index is 2.95. The molecule has 118 valence electrons. The highest BCUT2D eigenvalue weighted by atomic mass is 16.5. The molecule has 0 spiro atoms. The summed E-state index contributed by atoms with van der Waals surface area (Å²) in [6.07, 6.45) is 0. The summed E-state index contributed by atoms with van der Waals surface area (Å²) >= 11 is 0. The van der Waals surface area contributed by atoms with Gasteiger partial charge in [0.15, 0.2) is 23.0 Å². The summed E-state index contributed by atoms with van der Waals surface area (Å²) < 4.78 is 20.5. The lowest BCUT2D eigenvalue weighted by atomic mass is 9.86. The molecule has 0 bridgehead atoms. The molecule has 0 saturated carbocycles. The van der Waals surface area contributed by atoms with Gasteiger partial charge in [0.05, 0.1) is 39.6 Å². The highest BCUT2D eigenvalue weighted by molar-refractivity contribution is 6.28. The molecule has 7 heteroatoms. The number of allylic oxidation sites excluding steroid dienone is 2. The van der Waals surface area contributed by atoms with E-state index in [0.717, 1.165) is 0 Å². The van der Waals surface area contributed by atoms with Crippen molar-refractivity contribution in [2.24, 2.45) is 0 Å². The molecule has 0 amide bonds. The zero-order chi connectivity index (χ0) is 16.6.